The number of benzene rings is 1. The first-order chi connectivity index (χ1) is 10.2. The topological polar surface area (TPSA) is 15.3 Å². The van der Waals surface area contributed by atoms with Crippen LogP contribution in [0.4, 0.5) is 4.39 Å². The van der Waals surface area contributed by atoms with E-state index in [0.29, 0.717) is 5.92 Å². The molecule has 21 heavy (non-hydrogen) atoms. The monoisotopic (exact) mass is 292 g/mol. The predicted octanol–water partition coefficient (Wildman–Crippen LogP) is 3.99. The first kappa shape index (κ1) is 16.4. The third-order valence-electron chi connectivity index (χ3n) is 4.33. The van der Waals surface area contributed by atoms with Crippen molar-refractivity contribution < 1.29 is 4.39 Å². The van der Waals surface area contributed by atoms with Crippen LogP contribution in [0.5, 0.6) is 0 Å². The normalized spacial score (nSPS) is 18.0. The Kier molecular flexibility index (Phi) is 6.19. The molecule has 0 aliphatic heterocycles. The fraction of sp³-hybridized carbons (Fsp3) is 0.667. The van der Waals surface area contributed by atoms with Gasteiger partial charge in [-0.2, -0.15) is 0 Å². The summed E-state index contributed by atoms with van der Waals surface area (Å²) in [4.78, 5) is 2.59. The molecule has 0 radical (unpaired) electrons. The number of nitrogens with one attached hydrogen (secondary N) is 1. The molecule has 118 valence electrons. The summed E-state index contributed by atoms with van der Waals surface area (Å²) in [5.74, 6) is 0.303. The summed E-state index contributed by atoms with van der Waals surface area (Å²) in [5, 5.41) is 3.48. The molecule has 2 atom stereocenters. The van der Waals surface area contributed by atoms with Crippen molar-refractivity contribution in [3.63, 3.8) is 0 Å². The Hall–Kier alpha value is -0.930. The van der Waals surface area contributed by atoms with Gasteiger partial charge in [0, 0.05) is 24.2 Å². The maximum absolute atomic E-state index is 14.1. The fourth-order valence-corrected chi connectivity index (χ4v) is 3.19. The van der Waals surface area contributed by atoms with E-state index in [0.717, 1.165) is 31.2 Å². The lowest BCUT2D eigenvalue weighted by Gasteiger charge is -2.31. The molecule has 1 aliphatic carbocycles. The van der Waals surface area contributed by atoms with Gasteiger partial charge < -0.3 is 10.2 Å². The molecule has 1 saturated carbocycles. The van der Waals surface area contributed by atoms with Crippen molar-refractivity contribution >= 4 is 0 Å². The van der Waals surface area contributed by atoms with Crippen LogP contribution in [0.25, 0.3) is 0 Å². The molecule has 1 aliphatic rings. The molecule has 2 rings (SSSR count). The van der Waals surface area contributed by atoms with Crippen LogP contribution in [0.15, 0.2) is 24.3 Å². The number of halogens is 1. The molecule has 1 N–H and O–H groups in total. The maximum atomic E-state index is 14.1. The first-order valence-corrected chi connectivity index (χ1v) is 8.39. The Morgan fingerprint density at radius 1 is 1.29 bits per heavy atom. The second-order valence-corrected chi connectivity index (χ2v) is 6.26. The van der Waals surface area contributed by atoms with Crippen LogP contribution < -0.4 is 5.32 Å². The third-order valence-corrected chi connectivity index (χ3v) is 4.33. The average molecular weight is 292 g/mol. The van der Waals surface area contributed by atoms with Gasteiger partial charge in [-0.25, -0.2) is 4.39 Å². The first-order valence-electron chi connectivity index (χ1n) is 8.39. The molecule has 1 aromatic carbocycles. The molecule has 0 amide bonds. The van der Waals surface area contributed by atoms with Crippen molar-refractivity contribution in [2.24, 2.45) is 5.92 Å². The zero-order chi connectivity index (χ0) is 15.2. The van der Waals surface area contributed by atoms with E-state index in [4.69, 9.17) is 0 Å². The number of nitrogens with zero attached hydrogens (tertiary/aromatic N) is 1. The van der Waals surface area contributed by atoms with Crippen LogP contribution >= 0.6 is 0 Å². The zero-order valence-electron chi connectivity index (χ0n) is 13.6. The number of hydrogen-bond donors (Lipinski definition) is 1. The second kappa shape index (κ2) is 7.90. The smallest absolute Gasteiger partial charge is 0.127 e. The summed E-state index contributed by atoms with van der Waals surface area (Å²) in [6, 6.07) is 8.04. The molecule has 0 spiro atoms. The molecule has 0 heterocycles. The molecule has 0 saturated heterocycles. The van der Waals surface area contributed by atoms with Gasteiger partial charge in [-0.1, -0.05) is 39.0 Å². The Bertz CT molecular complexity index is 431. The fourth-order valence-electron chi connectivity index (χ4n) is 3.19. The van der Waals surface area contributed by atoms with Gasteiger partial charge in [-0.3, -0.25) is 0 Å². The van der Waals surface area contributed by atoms with Crippen LogP contribution in [0.2, 0.25) is 0 Å². The van der Waals surface area contributed by atoms with E-state index in [9.17, 15) is 4.39 Å². The molecule has 2 nitrogen and oxygen atoms in total. The molecule has 1 aromatic rings. The molecular weight excluding hydrogens is 263 g/mol. The quantitative estimate of drug-likeness (QED) is 0.740. The lowest BCUT2D eigenvalue weighted by atomic mass is 9.93. The SMILES string of the molecule is CCCN(CC(C)C(NCC)c1ccccc1F)C1CC1. The van der Waals surface area contributed by atoms with Crippen molar-refractivity contribution in [1.82, 2.24) is 10.2 Å². The maximum Gasteiger partial charge on any atom is 0.127 e. The van der Waals surface area contributed by atoms with Crippen LogP contribution in [0.3, 0.4) is 0 Å². The van der Waals surface area contributed by atoms with Crippen LogP contribution in [-0.4, -0.2) is 30.6 Å². The van der Waals surface area contributed by atoms with E-state index in [-0.39, 0.29) is 11.9 Å². The van der Waals surface area contributed by atoms with Crippen molar-refractivity contribution in [3.05, 3.63) is 35.6 Å². The predicted molar refractivity (Wildman–Crippen MR) is 86.9 cm³/mol. The Balaban J connectivity index is 2.07. The average Bonchev–Trinajstić information content (AvgIpc) is 3.30. The third kappa shape index (κ3) is 4.52. The van der Waals surface area contributed by atoms with E-state index in [1.807, 2.05) is 12.1 Å². The van der Waals surface area contributed by atoms with E-state index >= 15 is 0 Å². The zero-order valence-corrected chi connectivity index (χ0v) is 13.6. The van der Waals surface area contributed by atoms with Crippen LogP contribution in [0, 0.1) is 11.7 Å². The highest BCUT2D eigenvalue weighted by Crippen LogP contribution is 2.31. The van der Waals surface area contributed by atoms with E-state index < -0.39 is 0 Å². The molecule has 2 unspecified atom stereocenters. The number of hydrogen-bond acceptors (Lipinski definition) is 2. The summed E-state index contributed by atoms with van der Waals surface area (Å²) < 4.78 is 14.1. The Morgan fingerprint density at radius 3 is 2.57 bits per heavy atom. The summed E-state index contributed by atoms with van der Waals surface area (Å²) in [6.07, 6.45) is 3.85. The van der Waals surface area contributed by atoms with Gasteiger partial charge in [0.1, 0.15) is 5.82 Å². The molecular formula is C18H29FN2. The minimum absolute atomic E-state index is 0.0920. The van der Waals surface area contributed by atoms with Crippen molar-refractivity contribution in [2.45, 2.75) is 52.1 Å². The molecule has 3 heteroatoms. The largest absolute Gasteiger partial charge is 0.310 e. The van der Waals surface area contributed by atoms with Crippen LogP contribution in [-0.2, 0) is 0 Å². The lowest BCUT2D eigenvalue weighted by molar-refractivity contribution is 0.202. The second-order valence-electron chi connectivity index (χ2n) is 6.26. The van der Waals surface area contributed by atoms with Crippen molar-refractivity contribution in [3.8, 4) is 0 Å². The molecule has 1 fully saturated rings. The van der Waals surface area contributed by atoms with Gasteiger partial charge in [-0.15, -0.1) is 0 Å². The molecule has 0 aromatic heterocycles. The minimum Gasteiger partial charge on any atom is -0.310 e. The summed E-state index contributed by atoms with van der Waals surface area (Å²) in [5.41, 5.74) is 0.805. The summed E-state index contributed by atoms with van der Waals surface area (Å²) >= 11 is 0. The van der Waals surface area contributed by atoms with Gasteiger partial charge in [0.05, 0.1) is 0 Å². The van der Waals surface area contributed by atoms with Gasteiger partial charge >= 0.3 is 0 Å². The standard InChI is InChI=1S/C18H29FN2/c1-4-12-21(15-10-11-15)13-14(3)18(20-5-2)16-8-6-7-9-17(16)19/h6-9,14-15,18,20H,4-5,10-13H2,1-3H3. The van der Waals surface area contributed by atoms with Crippen LogP contribution in [0.1, 0.15) is 51.6 Å². The molecule has 0 bridgehead atoms. The highest BCUT2D eigenvalue weighted by Gasteiger charge is 2.31. The van der Waals surface area contributed by atoms with Crippen molar-refractivity contribution in [2.75, 3.05) is 19.6 Å². The van der Waals surface area contributed by atoms with Gasteiger partial charge in [0.2, 0.25) is 0 Å². The highest BCUT2D eigenvalue weighted by atomic mass is 19.1. The van der Waals surface area contributed by atoms with Gasteiger partial charge in [0.25, 0.3) is 0 Å². The van der Waals surface area contributed by atoms with Gasteiger partial charge in [0.15, 0.2) is 0 Å². The van der Waals surface area contributed by atoms with E-state index in [1.54, 1.807) is 12.1 Å². The minimum atomic E-state index is -0.0937. The Morgan fingerprint density at radius 2 is 2.00 bits per heavy atom. The van der Waals surface area contributed by atoms with Gasteiger partial charge in [-0.05, 0) is 44.3 Å². The lowest BCUT2D eigenvalue weighted by Crippen LogP contribution is -2.37. The van der Waals surface area contributed by atoms with E-state index in [2.05, 4.69) is 31.0 Å². The van der Waals surface area contributed by atoms with E-state index in [1.165, 1.54) is 19.3 Å². The summed E-state index contributed by atoms with van der Waals surface area (Å²) in [7, 11) is 0. The Labute approximate surface area is 128 Å². The highest BCUT2D eigenvalue weighted by molar-refractivity contribution is 5.22. The summed E-state index contributed by atoms with van der Waals surface area (Å²) in [6.45, 7) is 9.63. The van der Waals surface area contributed by atoms with Crippen molar-refractivity contribution in [1.29, 1.82) is 0 Å². The number of rotatable bonds is 9.